The first-order valence-corrected chi connectivity index (χ1v) is 8.65. The molecule has 0 bridgehead atoms. The Bertz CT molecular complexity index is 610. The van der Waals surface area contributed by atoms with Crippen molar-refractivity contribution in [1.29, 1.82) is 0 Å². The standard InChI is InChI=1S/C20H26N2O2/c1-23-20-11-6-5-10-19(20)22-15-13-21(14-16-22)12-7-17-24-18-8-3-2-4-9-18/h2-6,8-11H,7,12-17H2,1H3. The molecule has 0 amide bonds. The Morgan fingerprint density at radius 3 is 2.33 bits per heavy atom. The van der Waals surface area contributed by atoms with Gasteiger partial charge in [0.15, 0.2) is 0 Å². The summed E-state index contributed by atoms with van der Waals surface area (Å²) in [6, 6.07) is 18.3. The van der Waals surface area contributed by atoms with Crippen LogP contribution in [0, 0.1) is 0 Å². The number of hydrogen-bond donors (Lipinski definition) is 0. The molecule has 0 atom stereocenters. The van der Waals surface area contributed by atoms with Crippen molar-refractivity contribution in [3.63, 3.8) is 0 Å². The molecule has 4 nitrogen and oxygen atoms in total. The minimum absolute atomic E-state index is 0.775. The quantitative estimate of drug-likeness (QED) is 0.729. The smallest absolute Gasteiger partial charge is 0.142 e. The second kappa shape index (κ2) is 8.60. The van der Waals surface area contributed by atoms with E-state index in [9.17, 15) is 0 Å². The molecule has 3 rings (SSSR count). The van der Waals surface area contributed by atoms with E-state index in [1.807, 2.05) is 42.5 Å². The molecule has 4 heteroatoms. The van der Waals surface area contributed by atoms with Gasteiger partial charge >= 0.3 is 0 Å². The molecule has 0 spiro atoms. The third-order valence-corrected chi connectivity index (χ3v) is 4.43. The first-order chi connectivity index (χ1) is 11.9. The van der Waals surface area contributed by atoms with Crippen molar-refractivity contribution in [2.24, 2.45) is 0 Å². The van der Waals surface area contributed by atoms with E-state index in [-0.39, 0.29) is 0 Å². The Hall–Kier alpha value is -2.20. The van der Waals surface area contributed by atoms with Crippen molar-refractivity contribution in [3.8, 4) is 11.5 Å². The van der Waals surface area contributed by atoms with E-state index in [2.05, 4.69) is 21.9 Å². The zero-order valence-electron chi connectivity index (χ0n) is 14.4. The Morgan fingerprint density at radius 1 is 0.875 bits per heavy atom. The summed E-state index contributed by atoms with van der Waals surface area (Å²) in [5.41, 5.74) is 1.20. The highest BCUT2D eigenvalue weighted by atomic mass is 16.5. The number of nitrogens with zero attached hydrogens (tertiary/aromatic N) is 2. The zero-order chi connectivity index (χ0) is 16.6. The molecule has 0 aliphatic carbocycles. The molecule has 2 aromatic rings. The van der Waals surface area contributed by atoms with Crippen LogP contribution in [0.3, 0.4) is 0 Å². The molecule has 1 aliphatic rings. The minimum Gasteiger partial charge on any atom is -0.495 e. The largest absolute Gasteiger partial charge is 0.495 e. The molecule has 1 saturated heterocycles. The van der Waals surface area contributed by atoms with Gasteiger partial charge in [0.25, 0.3) is 0 Å². The minimum atomic E-state index is 0.775. The first-order valence-electron chi connectivity index (χ1n) is 8.65. The molecule has 1 aliphatic heterocycles. The van der Waals surface area contributed by atoms with E-state index >= 15 is 0 Å². The third-order valence-electron chi connectivity index (χ3n) is 4.43. The topological polar surface area (TPSA) is 24.9 Å². The normalized spacial score (nSPS) is 15.3. The van der Waals surface area contributed by atoms with E-state index in [1.54, 1.807) is 7.11 Å². The molecular formula is C20H26N2O2. The van der Waals surface area contributed by atoms with Gasteiger partial charge in [0.2, 0.25) is 0 Å². The fourth-order valence-electron chi connectivity index (χ4n) is 3.10. The van der Waals surface area contributed by atoms with Crippen LogP contribution in [0.15, 0.2) is 54.6 Å². The lowest BCUT2D eigenvalue weighted by molar-refractivity contribution is 0.224. The van der Waals surface area contributed by atoms with Gasteiger partial charge in [0.1, 0.15) is 11.5 Å². The van der Waals surface area contributed by atoms with Crippen molar-refractivity contribution >= 4 is 5.69 Å². The molecule has 24 heavy (non-hydrogen) atoms. The zero-order valence-corrected chi connectivity index (χ0v) is 14.4. The molecule has 0 unspecified atom stereocenters. The van der Waals surface area contributed by atoms with Crippen LogP contribution in [0.25, 0.3) is 0 Å². The highest BCUT2D eigenvalue weighted by molar-refractivity contribution is 5.58. The van der Waals surface area contributed by atoms with Crippen molar-refractivity contribution < 1.29 is 9.47 Å². The number of methoxy groups -OCH3 is 1. The van der Waals surface area contributed by atoms with Crippen molar-refractivity contribution in [2.75, 3.05) is 51.3 Å². The van der Waals surface area contributed by atoms with Crippen LogP contribution in [0.1, 0.15) is 6.42 Å². The van der Waals surface area contributed by atoms with E-state index < -0.39 is 0 Å². The number of para-hydroxylation sites is 3. The maximum absolute atomic E-state index is 5.76. The van der Waals surface area contributed by atoms with E-state index in [1.165, 1.54) is 5.69 Å². The second-order valence-electron chi connectivity index (χ2n) is 6.02. The predicted octanol–water partition coefficient (Wildman–Crippen LogP) is 3.29. The molecule has 0 radical (unpaired) electrons. The first kappa shape index (κ1) is 16.7. The Balaban J connectivity index is 1.39. The lowest BCUT2D eigenvalue weighted by atomic mass is 10.2. The fourth-order valence-corrected chi connectivity index (χ4v) is 3.10. The monoisotopic (exact) mass is 326 g/mol. The Labute approximate surface area is 144 Å². The summed E-state index contributed by atoms with van der Waals surface area (Å²) >= 11 is 0. The molecule has 0 aromatic heterocycles. The van der Waals surface area contributed by atoms with E-state index in [4.69, 9.17) is 9.47 Å². The van der Waals surface area contributed by atoms with Crippen LogP contribution < -0.4 is 14.4 Å². The van der Waals surface area contributed by atoms with Crippen molar-refractivity contribution in [2.45, 2.75) is 6.42 Å². The van der Waals surface area contributed by atoms with Crippen molar-refractivity contribution in [3.05, 3.63) is 54.6 Å². The van der Waals surface area contributed by atoms with Crippen LogP contribution in [-0.2, 0) is 0 Å². The average molecular weight is 326 g/mol. The van der Waals surface area contributed by atoms with E-state index in [0.717, 1.165) is 57.3 Å². The number of rotatable bonds is 7. The summed E-state index contributed by atoms with van der Waals surface area (Å²) < 4.78 is 11.2. The van der Waals surface area contributed by atoms with Crippen molar-refractivity contribution in [1.82, 2.24) is 4.90 Å². The number of piperazine rings is 1. The predicted molar refractivity (Wildman–Crippen MR) is 98.2 cm³/mol. The molecule has 1 heterocycles. The summed E-state index contributed by atoms with van der Waals surface area (Å²) in [6.45, 7) is 6.12. The third kappa shape index (κ3) is 4.42. The van der Waals surface area contributed by atoms with Crippen LogP contribution >= 0.6 is 0 Å². The average Bonchev–Trinajstić information content (AvgIpc) is 2.66. The van der Waals surface area contributed by atoms with Crippen LogP contribution in [-0.4, -0.2) is 51.3 Å². The molecule has 1 fully saturated rings. The molecule has 0 saturated carbocycles. The number of anilines is 1. The number of ether oxygens (including phenoxy) is 2. The maximum Gasteiger partial charge on any atom is 0.142 e. The summed E-state index contributed by atoms with van der Waals surface area (Å²) in [5.74, 6) is 1.92. The molecule has 128 valence electrons. The maximum atomic E-state index is 5.76. The van der Waals surface area contributed by atoms with Gasteiger partial charge in [-0.15, -0.1) is 0 Å². The van der Waals surface area contributed by atoms with Crippen LogP contribution in [0.4, 0.5) is 5.69 Å². The van der Waals surface area contributed by atoms with E-state index in [0.29, 0.717) is 0 Å². The molecule has 0 N–H and O–H groups in total. The summed E-state index contributed by atoms with van der Waals surface area (Å²) in [6.07, 6.45) is 1.06. The number of hydrogen-bond acceptors (Lipinski definition) is 4. The highest BCUT2D eigenvalue weighted by Gasteiger charge is 2.18. The summed E-state index contributed by atoms with van der Waals surface area (Å²) in [7, 11) is 1.74. The number of benzene rings is 2. The van der Waals surface area contributed by atoms with Gasteiger partial charge in [0, 0.05) is 32.7 Å². The van der Waals surface area contributed by atoms with Gasteiger partial charge in [-0.3, -0.25) is 4.90 Å². The SMILES string of the molecule is COc1ccccc1N1CCN(CCCOc2ccccc2)CC1. The van der Waals surface area contributed by atoms with Crippen LogP contribution in [0.2, 0.25) is 0 Å². The van der Waals surface area contributed by atoms with Gasteiger partial charge in [0.05, 0.1) is 19.4 Å². The van der Waals surface area contributed by atoms with Gasteiger partial charge in [-0.25, -0.2) is 0 Å². The summed E-state index contributed by atoms with van der Waals surface area (Å²) in [5, 5.41) is 0. The Morgan fingerprint density at radius 2 is 1.58 bits per heavy atom. The molecule has 2 aromatic carbocycles. The summed E-state index contributed by atoms with van der Waals surface area (Å²) in [4.78, 5) is 4.93. The Kier molecular flexibility index (Phi) is 5.96. The lowest BCUT2D eigenvalue weighted by Gasteiger charge is -2.36. The fraction of sp³-hybridized carbons (Fsp3) is 0.400. The second-order valence-corrected chi connectivity index (χ2v) is 6.02. The van der Waals surface area contributed by atoms with Gasteiger partial charge in [-0.1, -0.05) is 30.3 Å². The molecular weight excluding hydrogens is 300 g/mol. The van der Waals surface area contributed by atoms with Gasteiger partial charge < -0.3 is 14.4 Å². The van der Waals surface area contributed by atoms with Gasteiger partial charge in [-0.05, 0) is 30.7 Å². The van der Waals surface area contributed by atoms with Crippen LogP contribution in [0.5, 0.6) is 11.5 Å². The highest BCUT2D eigenvalue weighted by Crippen LogP contribution is 2.28. The van der Waals surface area contributed by atoms with Gasteiger partial charge in [-0.2, -0.15) is 0 Å². The lowest BCUT2D eigenvalue weighted by Crippen LogP contribution is -2.46.